The Morgan fingerprint density at radius 1 is 0.833 bits per heavy atom. The van der Waals surface area contributed by atoms with Gasteiger partial charge in [0.15, 0.2) is 11.5 Å². The summed E-state index contributed by atoms with van der Waals surface area (Å²) in [5.74, 6) is -1.39. The average Bonchev–Trinajstić information content (AvgIpc) is 2.33. The Balaban J connectivity index is 2.75. The van der Waals surface area contributed by atoms with Crippen LogP contribution >= 0.6 is 0 Å². The first kappa shape index (κ1) is 12.6. The van der Waals surface area contributed by atoms with Crippen LogP contribution in [0.15, 0.2) is 58.3 Å². The fraction of sp³-hybridized carbons (Fsp3) is 0. The van der Waals surface area contributed by atoms with Gasteiger partial charge in [-0.2, -0.15) is 0 Å². The molecule has 5 nitrogen and oxygen atoms in total. The fourth-order valence-corrected chi connectivity index (χ4v) is 3.28. The zero-order valence-corrected chi connectivity index (χ0v) is 10.0. The van der Waals surface area contributed by atoms with E-state index in [1.165, 1.54) is 30.3 Å². The van der Waals surface area contributed by atoms with E-state index in [2.05, 4.69) is 0 Å². The molecule has 2 rings (SSSR count). The molecule has 0 aromatic heterocycles. The molecule has 0 radical (unpaired) electrons. The van der Waals surface area contributed by atoms with Crippen LogP contribution < -0.4 is 0 Å². The highest BCUT2D eigenvalue weighted by Crippen LogP contribution is 2.44. The first-order valence-electron chi connectivity index (χ1n) is 5.04. The minimum atomic E-state index is -5.40. The molecule has 2 aromatic carbocycles. The van der Waals surface area contributed by atoms with Gasteiger partial charge in [-0.25, -0.2) is 4.21 Å². The SMILES string of the molecule is O=S(O)(O)(c1ccccc1)c1cccc(O)c1O. The van der Waals surface area contributed by atoms with Gasteiger partial charge >= 0.3 is 0 Å². The molecule has 0 spiro atoms. The Labute approximate surface area is 103 Å². The van der Waals surface area contributed by atoms with Crippen molar-refractivity contribution >= 4 is 9.63 Å². The molecule has 2 aromatic rings. The van der Waals surface area contributed by atoms with Crippen molar-refractivity contribution < 1.29 is 23.5 Å². The van der Waals surface area contributed by atoms with Crippen LogP contribution in [0.1, 0.15) is 0 Å². The summed E-state index contributed by atoms with van der Waals surface area (Å²) in [6.07, 6.45) is 0. The Bertz CT molecular complexity index is 645. The molecule has 0 bridgehead atoms. The summed E-state index contributed by atoms with van der Waals surface area (Å²) in [5.41, 5.74) is 0. The minimum absolute atomic E-state index is 0.254. The number of rotatable bonds is 2. The quantitative estimate of drug-likeness (QED) is 0.626. The van der Waals surface area contributed by atoms with Gasteiger partial charge in [0.2, 0.25) is 0 Å². The lowest BCUT2D eigenvalue weighted by Gasteiger charge is -2.31. The number of benzene rings is 2. The topological polar surface area (TPSA) is 98.0 Å². The number of para-hydroxylation sites is 1. The molecule has 0 fully saturated rings. The predicted molar refractivity (Wildman–Crippen MR) is 66.1 cm³/mol. The van der Waals surface area contributed by atoms with Crippen LogP contribution in [0.5, 0.6) is 11.5 Å². The molecule has 0 unspecified atom stereocenters. The van der Waals surface area contributed by atoms with Crippen LogP contribution in [0.4, 0.5) is 0 Å². The summed E-state index contributed by atoms with van der Waals surface area (Å²) in [7, 11) is -5.40. The van der Waals surface area contributed by atoms with E-state index in [9.17, 15) is 23.5 Å². The summed E-state index contributed by atoms with van der Waals surface area (Å²) in [4.78, 5) is -0.881. The molecule has 0 saturated heterocycles. The van der Waals surface area contributed by atoms with Crippen molar-refractivity contribution in [3.63, 3.8) is 0 Å². The number of hydrogen-bond acceptors (Lipinski definition) is 3. The van der Waals surface area contributed by atoms with Crippen molar-refractivity contribution in [2.24, 2.45) is 0 Å². The van der Waals surface area contributed by atoms with Crippen LogP contribution in [0.25, 0.3) is 0 Å². The van der Waals surface area contributed by atoms with Crippen molar-refractivity contribution in [1.29, 1.82) is 0 Å². The van der Waals surface area contributed by atoms with Gasteiger partial charge < -0.3 is 19.3 Å². The molecule has 0 heterocycles. The smallest absolute Gasteiger partial charge is 0.176 e. The predicted octanol–water partition coefficient (Wildman–Crippen LogP) is 2.28. The molecule has 0 atom stereocenters. The van der Waals surface area contributed by atoms with E-state index in [1.807, 2.05) is 0 Å². The lowest BCUT2D eigenvalue weighted by Crippen LogP contribution is -2.31. The molecule has 4 N–H and O–H groups in total. The van der Waals surface area contributed by atoms with Crippen LogP contribution in [0.2, 0.25) is 0 Å². The van der Waals surface area contributed by atoms with E-state index >= 15 is 0 Å². The maximum absolute atomic E-state index is 12.4. The average molecular weight is 268 g/mol. The number of hydrogen-bond donors (Lipinski definition) is 4. The van der Waals surface area contributed by atoms with Crippen molar-refractivity contribution in [2.75, 3.05) is 0 Å². The molecular formula is C12H12O5S. The largest absolute Gasteiger partial charge is 0.504 e. The molecule has 0 saturated carbocycles. The number of phenols is 2. The van der Waals surface area contributed by atoms with Gasteiger partial charge in [0.05, 0.1) is 4.90 Å². The molecule has 6 heteroatoms. The standard InChI is InChI=1S/C12H12O5S/c13-10-7-4-8-11(12(10)14)18(15,16,17)9-5-2-1-3-6-9/h1-8,13-14H,(H2,15,16,17). The monoisotopic (exact) mass is 268 g/mol. The van der Waals surface area contributed by atoms with Crippen molar-refractivity contribution in [3.05, 3.63) is 48.5 Å². The molecule has 0 aliphatic rings. The van der Waals surface area contributed by atoms with Gasteiger partial charge in [0, 0.05) is 0 Å². The minimum Gasteiger partial charge on any atom is -0.504 e. The Kier molecular flexibility index (Phi) is 2.66. The maximum Gasteiger partial charge on any atom is 0.176 e. The Morgan fingerprint density at radius 3 is 2.06 bits per heavy atom. The van der Waals surface area contributed by atoms with Crippen LogP contribution in [0, 0.1) is 0 Å². The van der Waals surface area contributed by atoms with E-state index in [0.29, 0.717) is 0 Å². The summed E-state index contributed by atoms with van der Waals surface area (Å²) in [5, 5.41) is 18.9. The van der Waals surface area contributed by atoms with Crippen LogP contribution in [0.3, 0.4) is 0 Å². The molecule has 0 amide bonds. The Hall–Kier alpha value is -1.89. The molecule has 96 valence electrons. The third kappa shape index (κ3) is 1.86. The van der Waals surface area contributed by atoms with Crippen LogP contribution in [-0.2, 0) is 9.63 Å². The third-order valence-corrected chi connectivity index (χ3v) is 4.79. The zero-order chi connectivity index (χ0) is 13.4. The molecule has 0 aliphatic carbocycles. The highest BCUT2D eigenvalue weighted by Gasteiger charge is 2.38. The van der Waals surface area contributed by atoms with Crippen LogP contribution in [-0.4, -0.2) is 23.5 Å². The van der Waals surface area contributed by atoms with Crippen molar-refractivity contribution in [1.82, 2.24) is 0 Å². The lowest BCUT2D eigenvalue weighted by atomic mass is 10.3. The normalized spacial score (nSPS) is 13.8. The van der Waals surface area contributed by atoms with E-state index in [1.54, 1.807) is 6.07 Å². The van der Waals surface area contributed by atoms with E-state index in [0.717, 1.165) is 12.1 Å². The second-order valence-corrected chi connectivity index (χ2v) is 6.44. The summed E-state index contributed by atoms with van der Waals surface area (Å²) >= 11 is 0. The maximum atomic E-state index is 12.4. The van der Waals surface area contributed by atoms with Crippen molar-refractivity contribution in [3.8, 4) is 11.5 Å². The van der Waals surface area contributed by atoms with Gasteiger partial charge in [-0.05, 0) is 24.3 Å². The lowest BCUT2D eigenvalue weighted by molar-refractivity contribution is 0.364. The highest BCUT2D eigenvalue weighted by atomic mass is 32.3. The van der Waals surface area contributed by atoms with Gasteiger partial charge in [-0.3, -0.25) is 0 Å². The first-order valence-corrected chi connectivity index (χ1v) is 6.92. The molecule has 0 aliphatic heterocycles. The summed E-state index contributed by atoms with van der Waals surface area (Å²) in [6.45, 7) is 0. The van der Waals surface area contributed by atoms with Gasteiger partial charge in [-0.1, -0.05) is 24.3 Å². The highest BCUT2D eigenvalue weighted by molar-refractivity contribution is 8.10. The summed E-state index contributed by atoms with van der Waals surface area (Å²) < 4.78 is 32.5. The first-order chi connectivity index (χ1) is 8.31. The van der Waals surface area contributed by atoms with Gasteiger partial charge in [0.1, 0.15) is 14.5 Å². The van der Waals surface area contributed by atoms with E-state index in [4.69, 9.17) is 0 Å². The fourth-order valence-electron chi connectivity index (χ4n) is 1.60. The Morgan fingerprint density at radius 2 is 1.44 bits per heavy atom. The molecular weight excluding hydrogens is 256 g/mol. The second-order valence-electron chi connectivity index (χ2n) is 3.80. The number of aromatic hydroxyl groups is 2. The zero-order valence-electron chi connectivity index (χ0n) is 9.22. The third-order valence-electron chi connectivity index (χ3n) is 2.54. The van der Waals surface area contributed by atoms with E-state index < -0.39 is 26.0 Å². The van der Waals surface area contributed by atoms with Crippen molar-refractivity contribution in [2.45, 2.75) is 9.79 Å². The van der Waals surface area contributed by atoms with Gasteiger partial charge in [0.25, 0.3) is 0 Å². The van der Waals surface area contributed by atoms with Gasteiger partial charge in [-0.15, -0.1) is 0 Å². The second kappa shape index (κ2) is 3.81. The number of phenolic OH excluding ortho intramolecular Hbond substituents is 2. The van der Waals surface area contributed by atoms with E-state index in [-0.39, 0.29) is 4.90 Å². The molecule has 18 heavy (non-hydrogen) atoms. The summed E-state index contributed by atoms with van der Waals surface area (Å²) in [6, 6.07) is 10.6.